The van der Waals surface area contributed by atoms with Gasteiger partial charge in [-0.05, 0) is 6.92 Å². The lowest BCUT2D eigenvalue weighted by Gasteiger charge is -2.26. The van der Waals surface area contributed by atoms with Crippen LogP contribution in [0.15, 0.2) is 12.2 Å². The number of ether oxygens (including phenoxy) is 2. The molecule has 5 nitrogen and oxygen atoms in total. The zero-order chi connectivity index (χ0) is 12.3. The van der Waals surface area contributed by atoms with E-state index in [9.17, 15) is 4.79 Å². The van der Waals surface area contributed by atoms with Crippen molar-refractivity contribution in [2.24, 2.45) is 0 Å². The zero-order valence-electron chi connectivity index (χ0n) is 10.5. The van der Waals surface area contributed by atoms with Crippen LogP contribution in [0.5, 0.6) is 0 Å². The number of nitrogens with zero attached hydrogens (tertiary/aromatic N) is 1. The molecular formula is C12H22N2O3. The highest BCUT2D eigenvalue weighted by Crippen LogP contribution is 1.94. The maximum Gasteiger partial charge on any atom is 0.330 e. The normalized spacial score (nSPS) is 17.5. The average Bonchev–Trinajstić information content (AvgIpc) is 2.35. The number of carbonyl (C=O) groups excluding carboxylic acids is 1. The summed E-state index contributed by atoms with van der Waals surface area (Å²) >= 11 is 0. The van der Waals surface area contributed by atoms with Gasteiger partial charge in [-0.25, -0.2) is 4.79 Å². The van der Waals surface area contributed by atoms with E-state index in [1.54, 1.807) is 13.0 Å². The summed E-state index contributed by atoms with van der Waals surface area (Å²) in [5.74, 6) is -0.275. The van der Waals surface area contributed by atoms with E-state index in [1.165, 1.54) is 6.08 Å². The summed E-state index contributed by atoms with van der Waals surface area (Å²) in [4.78, 5) is 13.3. The number of rotatable bonds is 7. The predicted molar refractivity (Wildman–Crippen MR) is 65.9 cm³/mol. The van der Waals surface area contributed by atoms with Gasteiger partial charge in [0.15, 0.2) is 0 Å². The van der Waals surface area contributed by atoms with Gasteiger partial charge >= 0.3 is 5.97 Å². The number of esters is 1. The predicted octanol–water partition coefficient (Wildman–Crippen LogP) is 0.0275. The van der Waals surface area contributed by atoms with E-state index in [2.05, 4.69) is 10.2 Å². The summed E-state index contributed by atoms with van der Waals surface area (Å²) in [5, 5.41) is 3.25. The van der Waals surface area contributed by atoms with Crippen LogP contribution in [0.25, 0.3) is 0 Å². The molecule has 0 aromatic carbocycles. The molecule has 1 fully saturated rings. The van der Waals surface area contributed by atoms with Crippen LogP contribution in [0, 0.1) is 0 Å². The van der Waals surface area contributed by atoms with Gasteiger partial charge in [0, 0.05) is 38.8 Å². The highest BCUT2D eigenvalue weighted by atomic mass is 16.5. The smallest absolute Gasteiger partial charge is 0.330 e. The monoisotopic (exact) mass is 242 g/mol. The Bertz CT molecular complexity index is 238. The molecule has 5 heteroatoms. The van der Waals surface area contributed by atoms with Gasteiger partial charge in [0.2, 0.25) is 0 Å². The molecule has 1 aliphatic rings. The van der Waals surface area contributed by atoms with Crippen LogP contribution in [0.4, 0.5) is 0 Å². The molecule has 17 heavy (non-hydrogen) atoms. The summed E-state index contributed by atoms with van der Waals surface area (Å²) in [6, 6.07) is 0. The summed E-state index contributed by atoms with van der Waals surface area (Å²) in [7, 11) is 0. The van der Waals surface area contributed by atoms with Crippen LogP contribution in [-0.4, -0.2) is 63.4 Å². The number of hydrogen-bond acceptors (Lipinski definition) is 5. The molecule has 1 rings (SSSR count). The van der Waals surface area contributed by atoms with Crippen molar-refractivity contribution in [3.63, 3.8) is 0 Å². The lowest BCUT2D eigenvalue weighted by Crippen LogP contribution is -2.40. The summed E-state index contributed by atoms with van der Waals surface area (Å²) in [5.41, 5.74) is 0. The van der Waals surface area contributed by atoms with E-state index >= 15 is 0 Å². The average molecular weight is 242 g/mol. The second kappa shape index (κ2) is 9.15. The summed E-state index contributed by atoms with van der Waals surface area (Å²) in [6.07, 6.45) is 3.25. The number of carbonyl (C=O) groups is 1. The molecule has 0 amide bonds. The van der Waals surface area contributed by atoms with Crippen molar-refractivity contribution in [3.8, 4) is 0 Å². The summed E-state index contributed by atoms with van der Waals surface area (Å²) in [6.45, 7) is 8.57. The maximum absolute atomic E-state index is 11.0. The van der Waals surface area contributed by atoms with Crippen LogP contribution >= 0.6 is 0 Å². The minimum absolute atomic E-state index is 0.275. The molecular weight excluding hydrogens is 220 g/mol. The van der Waals surface area contributed by atoms with Crippen molar-refractivity contribution in [1.82, 2.24) is 10.2 Å². The molecule has 0 unspecified atom stereocenters. The van der Waals surface area contributed by atoms with Crippen LogP contribution < -0.4 is 5.32 Å². The number of morpholine rings is 1. The van der Waals surface area contributed by atoms with E-state index in [-0.39, 0.29) is 5.97 Å². The third-order valence-electron chi connectivity index (χ3n) is 2.51. The largest absolute Gasteiger partial charge is 0.463 e. The Labute approximate surface area is 103 Å². The van der Waals surface area contributed by atoms with Crippen molar-refractivity contribution in [3.05, 3.63) is 12.2 Å². The first-order chi connectivity index (χ1) is 8.33. The Hall–Kier alpha value is -0.910. The summed E-state index contributed by atoms with van der Waals surface area (Å²) < 4.78 is 10.0. The molecule has 0 bridgehead atoms. The van der Waals surface area contributed by atoms with Crippen molar-refractivity contribution in [2.45, 2.75) is 6.92 Å². The van der Waals surface area contributed by atoms with E-state index in [0.29, 0.717) is 13.2 Å². The Morgan fingerprint density at radius 2 is 2.24 bits per heavy atom. The first-order valence-corrected chi connectivity index (χ1v) is 6.17. The molecule has 0 radical (unpaired) electrons. The van der Waals surface area contributed by atoms with Crippen molar-refractivity contribution in [1.29, 1.82) is 0 Å². The lowest BCUT2D eigenvalue weighted by atomic mass is 10.4. The van der Waals surface area contributed by atoms with Gasteiger partial charge in [-0.1, -0.05) is 6.08 Å². The van der Waals surface area contributed by atoms with Crippen molar-refractivity contribution in [2.75, 3.05) is 52.5 Å². The first kappa shape index (κ1) is 14.2. The van der Waals surface area contributed by atoms with Gasteiger partial charge in [0.1, 0.15) is 0 Å². The molecule has 1 N–H and O–H groups in total. The molecule has 0 spiro atoms. The third-order valence-corrected chi connectivity index (χ3v) is 2.51. The van der Waals surface area contributed by atoms with E-state index in [4.69, 9.17) is 9.47 Å². The van der Waals surface area contributed by atoms with Crippen molar-refractivity contribution >= 4 is 5.97 Å². The van der Waals surface area contributed by atoms with Gasteiger partial charge in [-0.3, -0.25) is 4.90 Å². The molecule has 0 atom stereocenters. The SMILES string of the molecule is CCOC(=O)/C=C/CNCCN1CCOCC1. The molecule has 0 aromatic rings. The van der Waals surface area contributed by atoms with Gasteiger partial charge in [-0.15, -0.1) is 0 Å². The van der Waals surface area contributed by atoms with E-state index in [1.807, 2.05) is 0 Å². The second-order valence-corrected chi connectivity index (χ2v) is 3.81. The lowest BCUT2D eigenvalue weighted by molar-refractivity contribution is -0.137. The van der Waals surface area contributed by atoms with Crippen LogP contribution in [0.2, 0.25) is 0 Å². The number of hydrogen-bond donors (Lipinski definition) is 1. The minimum Gasteiger partial charge on any atom is -0.463 e. The van der Waals surface area contributed by atoms with Gasteiger partial charge in [-0.2, -0.15) is 0 Å². The van der Waals surface area contributed by atoms with Crippen LogP contribution in [-0.2, 0) is 14.3 Å². The quantitative estimate of drug-likeness (QED) is 0.388. The van der Waals surface area contributed by atoms with E-state index in [0.717, 1.165) is 39.4 Å². The van der Waals surface area contributed by atoms with Crippen molar-refractivity contribution < 1.29 is 14.3 Å². The van der Waals surface area contributed by atoms with Gasteiger partial charge < -0.3 is 14.8 Å². The third kappa shape index (κ3) is 7.10. The van der Waals surface area contributed by atoms with Gasteiger partial charge in [0.05, 0.1) is 19.8 Å². The Balaban J connectivity index is 1.94. The van der Waals surface area contributed by atoms with Crippen LogP contribution in [0.3, 0.4) is 0 Å². The Kier molecular flexibility index (Phi) is 7.62. The molecule has 0 saturated carbocycles. The standard InChI is InChI=1S/C12H22N2O3/c1-2-17-12(15)4-3-5-13-6-7-14-8-10-16-11-9-14/h3-4,13H,2,5-11H2,1H3/b4-3+. The fourth-order valence-corrected chi connectivity index (χ4v) is 1.59. The minimum atomic E-state index is -0.275. The van der Waals surface area contributed by atoms with Crippen LogP contribution in [0.1, 0.15) is 6.92 Å². The first-order valence-electron chi connectivity index (χ1n) is 6.17. The zero-order valence-corrected chi connectivity index (χ0v) is 10.5. The van der Waals surface area contributed by atoms with Gasteiger partial charge in [0.25, 0.3) is 0 Å². The fourth-order valence-electron chi connectivity index (χ4n) is 1.59. The Morgan fingerprint density at radius 3 is 2.94 bits per heavy atom. The second-order valence-electron chi connectivity index (χ2n) is 3.81. The molecule has 1 aliphatic heterocycles. The Morgan fingerprint density at radius 1 is 1.47 bits per heavy atom. The molecule has 98 valence electrons. The molecule has 0 aromatic heterocycles. The molecule has 0 aliphatic carbocycles. The van der Waals surface area contributed by atoms with E-state index < -0.39 is 0 Å². The maximum atomic E-state index is 11.0. The highest BCUT2D eigenvalue weighted by molar-refractivity contribution is 5.81. The molecule has 1 heterocycles. The fraction of sp³-hybridized carbons (Fsp3) is 0.750. The highest BCUT2D eigenvalue weighted by Gasteiger charge is 2.08. The molecule has 1 saturated heterocycles. The topological polar surface area (TPSA) is 50.8 Å². The number of nitrogens with one attached hydrogen (secondary N) is 1.